The number of hydrogen-bond acceptors (Lipinski definition) is 5. The number of rotatable bonds is 13. The lowest BCUT2D eigenvalue weighted by molar-refractivity contribution is -0.137. The number of hydrogen-bond donors (Lipinski definition) is 2. The summed E-state index contributed by atoms with van der Waals surface area (Å²) in [5.41, 5.74) is 0. The third-order valence-corrected chi connectivity index (χ3v) is 5.70. The van der Waals surface area contributed by atoms with E-state index in [4.69, 9.17) is 9.84 Å². The Morgan fingerprint density at radius 3 is 2.85 bits per heavy atom. The molecule has 1 aromatic heterocycles. The minimum absolute atomic E-state index is 0.0754. The first-order valence-corrected chi connectivity index (χ1v) is 10.3. The van der Waals surface area contributed by atoms with E-state index in [9.17, 15) is 14.7 Å². The molecule has 0 aliphatic carbocycles. The van der Waals surface area contributed by atoms with Gasteiger partial charge in [-0.25, -0.2) is 4.79 Å². The number of carbonyl (C=O) groups excluding carboxylic acids is 1. The number of carbonyl (C=O) groups is 2. The zero-order chi connectivity index (χ0) is 18.8. The van der Waals surface area contributed by atoms with E-state index < -0.39 is 12.1 Å². The van der Waals surface area contributed by atoms with Crippen LogP contribution >= 0.6 is 11.3 Å². The topological polar surface area (TPSA) is 87.1 Å². The number of unbranched alkanes of at least 4 members (excludes halogenated alkanes) is 3. The molecular weight excluding hydrogens is 354 g/mol. The molecule has 0 radical (unpaired) electrons. The van der Waals surface area contributed by atoms with Crippen LogP contribution in [0.3, 0.4) is 0 Å². The summed E-state index contributed by atoms with van der Waals surface area (Å²) in [6, 6.07) is 4.16. The van der Waals surface area contributed by atoms with Gasteiger partial charge in [0, 0.05) is 17.8 Å². The molecule has 1 amide bonds. The molecule has 2 heterocycles. The summed E-state index contributed by atoms with van der Waals surface area (Å²) in [6.45, 7) is 0.938. The second kappa shape index (κ2) is 11.2. The Labute approximate surface area is 158 Å². The Balaban J connectivity index is 1.62. The number of aliphatic carboxylic acids is 1. The first-order valence-electron chi connectivity index (χ1n) is 9.42. The summed E-state index contributed by atoms with van der Waals surface area (Å²) in [5, 5.41) is 20.8. The summed E-state index contributed by atoms with van der Waals surface area (Å²) in [5.74, 6) is -0.747. The fraction of sp³-hybridized carbons (Fsp3) is 0.684. The largest absolute Gasteiger partial charge is 0.481 e. The smallest absolute Gasteiger partial charge is 0.410 e. The number of carboxylic acids is 1. The maximum Gasteiger partial charge on any atom is 0.410 e. The van der Waals surface area contributed by atoms with Crippen LogP contribution in [0.5, 0.6) is 0 Å². The first-order chi connectivity index (χ1) is 12.6. The second-order valence-corrected chi connectivity index (χ2v) is 7.86. The monoisotopic (exact) mass is 383 g/mol. The summed E-state index contributed by atoms with van der Waals surface area (Å²) < 4.78 is 5.17. The van der Waals surface area contributed by atoms with Gasteiger partial charge < -0.3 is 19.8 Å². The maximum absolute atomic E-state index is 11.9. The predicted octanol–water partition coefficient (Wildman–Crippen LogP) is 3.68. The first kappa shape index (κ1) is 20.7. The SMILES string of the molecule is O=C(O)CCCCCCC1COC(=O)N1CCC(O)CCc1cccs1. The van der Waals surface area contributed by atoms with E-state index in [1.165, 1.54) is 4.88 Å². The summed E-state index contributed by atoms with van der Waals surface area (Å²) in [7, 11) is 0. The molecule has 2 unspecified atom stereocenters. The predicted molar refractivity (Wildman–Crippen MR) is 100 cm³/mol. The standard InChI is InChI=1S/C19H29NO5S/c21-16(9-10-17-7-5-13-26-17)11-12-20-15(14-25-19(20)24)6-3-1-2-4-8-18(22)23/h5,7,13,15-16,21H,1-4,6,8-12,14H2,(H,22,23). The van der Waals surface area contributed by atoms with Gasteiger partial charge in [0.2, 0.25) is 0 Å². The summed E-state index contributed by atoms with van der Waals surface area (Å²) >= 11 is 1.70. The number of aliphatic hydroxyl groups is 1. The van der Waals surface area contributed by atoms with Crippen molar-refractivity contribution in [2.45, 2.75) is 69.9 Å². The molecule has 26 heavy (non-hydrogen) atoms. The molecule has 0 spiro atoms. The molecule has 2 N–H and O–H groups in total. The van der Waals surface area contributed by atoms with Gasteiger partial charge in [-0.2, -0.15) is 0 Å². The van der Waals surface area contributed by atoms with Crippen molar-refractivity contribution in [2.24, 2.45) is 0 Å². The molecule has 146 valence electrons. The van der Waals surface area contributed by atoms with Crippen LogP contribution in [-0.4, -0.2) is 52.5 Å². The van der Waals surface area contributed by atoms with Gasteiger partial charge in [-0.05, 0) is 43.6 Å². The molecule has 6 nitrogen and oxygen atoms in total. The Morgan fingerprint density at radius 1 is 1.31 bits per heavy atom. The molecule has 7 heteroatoms. The Morgan fingerprint density at radius 2 is 2.12 bits per heavy atom. The van der Waals surface area contributed by atoms with Gasteiger partial charge in [-0.15, -0.1) is 11.3 Å². The van der Waals surface area contributed by atoms with Crippen LogP contribution in [0.4, 0.5) is 4.79 Å². The molecule has 0 aromatic carbocycles. The average Bonchev–Trinajstić information content (AvgIpc) is 3.24. The molecule has 1 aliphatic heterocycles. The van der Waals surface area contributed by atoms with Gasteiger partial charge >= 0.3 is 12.1 Å². The van der Waals surface area contributed by atoms with E-state index in [-0.39, 0.29) is 18.6 Å². The lowest BCUT2D eigenvalue weighted by Gasteiger charge is -2.22. The number of ether oxygens (including phenoxy) is 1. The number of thiophene rings is 1. The molecule has 1 saturated heterocycles. The Bertz CT molecular complexity index is 548. The summed E-state index contributed by atoms with van der Waals surface area (Å²) in [4.78, 5) is 25.4. The van der Waals surface area contributed by atoms with Crippen LogP contribution in [0.2, 0.25) is 0 Å². The van der Waals surface area contributed by atoms with Gasteiger partial charge in [0.05, 0.1) is 12.1 Å². The molecule has 1 fully saturated rings. The zero-order valence-corrected chi connectivity index (χ0v) is 16.0. The highest BCUT2D eigenvalue weighted by Gasteiger charge is 2.32. The van der Waals surface area contributed by atoms with Gasteiger partial charge in [0.25, 0.3) is 0 Å². The Kier molecular flexibility index (Phi) is 8.91. The van der Waals surface area contributed by atoms with Crippen molar-refractivity contribution in [3.8, 4) is 0 Å². The lowest BCUT2D eigenvalue weighted by atomic mass is 10.1. The number of nitrogens with zero attached hydrogens (tertiary/aromatic N) is 1. The zero-order valence-electron chi connectivity index (χ0n) is 15.1. The third-order valence-electron chi connectivity index (χ3n) is 4.76. The van der Waals surface area contributed by atoms with Crippen molar-refractivity contribution in [1.82, 2.24) is 4.90 Å². The third kappa shape index (κ3) is 7.33. The highest BCUT2D eigenvalue weighted by molar-refractivity contribution is 7.09. The number of amides is 1. The maximum atomic E-state index is 11.9. The van der Waals surface area contributed by atoms with E-state index in [2.05, 4.69) is 6.07 Å². The van der Waals surface area contributed by atoms with E-state index in [1.807, 2.05) is 11.4 Å². The van der Waals surface area contributed by atoms with Crippen LogP contribution in [-0.2, 0) is 16.0 Å². The van der Waals surface area contributed by atoms with E-state index in [0.29, 0.717) is 32.4 Å². The lowest BCUT2D eigenvalue weighted by Crippen LogP contribution is -2.35. The molecule has 2 rings (SSSR count). The Hall–Kier alpha value is -1.60. The van der Waals surface area contributed by atoms with Crippen molar-refractivity contribution >= 4 is 23.4 Å². The molecule has 1 aromatic rings. The van der Waals surface area contributed by atoms with E-state index in [1.54, 1.807) is 16.2 Å². The highest BCUT2D eigenvalue weighted by atomic mass is 32.1. The molecule has 2 atom stereocenters. The van der Waals surface area contributed by atoms with Crippen LogP contribution in [0.1, 0.15) is 56.2 Å². The van der Waals surface area contributed by atoms with Gasteiger partial charge in [-0.3, -0.25) is 4.79 Å². The molecule has 0 bridgehead atoms. The van der Waals surface area contributed by atoms with Gasteiger partial charge in [0.1, 0.15) is 6.61 Å². The number of carboxylic acid groups (broad SMARTS) is 1. The average molecular weight is 384 g/mol. The minimum atomic E-state index is -0.747. The van der Waals surface area contributed by atoms with Crippen molar-refractivity contribution in [3.63, 3.8) is 0 Å². The van der Waals surface area contributed by atoms with Crippen LogP contribution < -0.4 is 0 Å². The fourth-order valence-corrected chi connectivity index (χ4v) is 3.93. The number of cyclic esters (lactones) is 1. The van der Waals surface area contributed by atoms with Crippen molar-refractivity contribution in [2.75, 3.05) is 13.2 Å². The highest BCUT2D eigenvalue weighted by Crippen LogP contribution is 2.20. The van der Waals surface area contributed by atoms with Gasteiger partial charge in [0.15, 0.2) is 0 Å². The van der Waals surface area contributed by atoms with Crippen molar-refractivity contribution in [3.05, 3.63) is 22.4 Å². The van der Waals surface area contributed by atoms with Crippen LogP contribution in [0.25, 0.3) is 0 Å². The number of aliphatic hydroxyl groups excluding tert-OH is 1. The number of aryl methyl sites for hydroxylation is 1. The van der Waals surface area contributed by atoms with Gasteiger partial charge in [-0.1, -0.05) is 25.3 Å². The second-order valence-electron chi connectivity index (χ2n) is 6.83. The van der Waals surface area contributed by atoms with Crippen molar-refractivity contribution in [1.29, 1.82) is 0 Å². The minimum Gasteiger partial charge on any atom is -0.481 e. The quantitative estimate of drug-likeness (QED) is 0.508. The van der Waals surface area contributed by atoms with E-state index in [0.717, 1.165) is 32.1 Å². The fourth-order valence-electron chi connectivity index (χ4n) is 3.21. The van der Waals surface area contributed by atoms with E-state index >= 15 is 0 Å². The molecular formula is C19H29NO5S. The molecule has 0 saturated carbocycles. The normalized spacial score (nSPS) is 18.1. The molecule has 1 aliphatic rings. The van der Waals surface area contributed by atoms with Crippen LogP contribution in [0, 0.1) is 0 Å². The van der Waals surface area contributed by atoms with Crippen molar-refractivity contribution < 1.29 is 24.5 Å². The van der Waals surface area contributed by atoms with Crippen LogP contribution in [0.15, 0.2) is 17.5 Å². The summed E-state index contributed by atoms with van der Waals surface area (Å²) in [6.07, 6.45) is 6.05.